The van der Waals surface area contributed by atoms with Crippen molar-refractivity contribution in [2.24, 2.45) is 0 Å². The van der Waals surface area contributed by atoms with Gasteiger partial charge in [-0.15, -0.1) is 0 Å². The molecule has 1 unspecified atom stereocenters. The molecule has 0 spiro atoms. The molecule has 1 amide bonds. The van der Waals surface area contributed by atoms with Gasteiger partial charge in [0.25, 0.3) is 5.91 Å². The Hall–Kier alpha value is -2.49. The summed E-state index contributed by atoms with van der Waals surface area (Å²) in [4.78, 5) is 12.3. The molecule has 0 aliphatic carbocycles. The zero-order valence-electron chi connectivity index (χ0n) is 14.9. The van der Waals surface area contributed by atoms with Gasteiger partial charge in [-0.25, -0.2) is 0 Å². The molecule has 0 saturated carbocycles. The van der Waals surface area contributed by atoms with E-state index in [0.717, 1.165) is 11.4 Å². The molecule has 0 bridgehead atoms. The van der Waals surface area contributed by atoms with E-state index >= 15 is 0 Å². The molecule has 2 rings (SSSR count). The fourth-order valence-corrected chi connectivity index (χ4v) is 2.21. The number of methoxy groups -OCH3 is 1. The van der Waals surface area contributed by atoms with Crippen molar-refractivity contribution in [3.05, 3.63) is 54.1 Å². The van der Waals surface area contributed by atoms with Crippen LogP contribution in [0.4, 0.5) is 5.69 Å². The highest BCUT2D eigenvalue weighted by molar-refractivity contribution is 5.94. The van der Waals surface area contributed by atoms with Crippen molar-refractivity contribution in [2.75, 3.05) is 12.4 Å². The molecule has 24 heavy (non-hydrogen) atoms. The Bertz CT molecular complexity index is 670. The van der Waals surface area contributed by atoms with E-state index in [1.54, 1.807) is 38.3 Å². The summed E-state index contributed by atoms with van der Waals surface area (Å²) in [5, 5.41) is 2.87. The zero-order valence-corrected chi connectivity index (χ0v) is 14.9. The third kappa shape index (κ3) is 4.75. The third-order valence-corrected chi connectivity index (χ3v) is 3.76. The van der Waals surface area contributed by atoms with Crippen LogP contribution in [-0.4, -0.2) is 19.1 Å². The molecule has 1 N–H and O–H groups in total. The molecular weight excluding hydrogens is 302 g/mol. The van der Waals surface area contributed by atoms with Crippen LogP contribution in [0.3, 0.4) is 0 Å². The third-order valence-electron chi connectivity index (χ3n) is 3.76. The summed E-state index contributed by atoms with van der Waals surface area (Å²) in [5.41, 5.74) is 2.08. The average Bonchev–Trinajstić information content (AvgIpc) is 2.55. The minimum absolute atomic E-state index is 0.0906. The number of hydrogen-bond acceptors (Lipinski definition) is 3. The van der Waals surface area contributed by atoms with Crippen LogP contribution in [-0.2, 0) is 10.2 Å². The van der Waals surface area contributed by atoms with Crippen molar-refractivity contribution >= 4 is 11.6 Å². The van der Waals surface area contributed by atoms with E-state index in [4.69, 9.17) is 9.47 Å². The topological polar surface area (TPSA) is 47.6 Å². The predicted molar refractivity (Wildman–Crippen MR) is 96.9 cm³/mol. The lowest BCUT2D eigenvalue weighted by Gasteiger charge is -2.19. The highest BCUT2D eigenvalue weighted by Gasteiger charge is 2.16. The van der Waals surface area contributed by atoms with Crippen LogP contribution in [0.5, 0.6) is 11.5 Å². The normalized spacial score (nSPS) is 12.4. The van der Waals surface area contributed by atoms with Crippen LogP contribution in [0.15, 0.2) is 48.5 Å². The average molecular weight is 327 g/mol. The van der Waals surface area contributed by atoms with E-state index in [1.165, 1.54) is 5.56 Å². The van der Waals surface area contributed by atoms with E-state index in [0.29, 0.717) is 5.75 Å². The molecule has 0 aliphatic heterocycles. The highest BCUT2D eigenvalue weighted by atomic mass is 16.5. The number of nitrogens with one attached hydrogen (secondary N) is 1. The van der Waals surface area contributed by atoms with Gasteiger partial charge in [0.1, 0.15) is 11.5 Å². The van der Waals surface area contributed by atoms with Gasteiger partial charge in [-0.2, -0.15) is 0 Å². The second kappa shape index (κ2) is 7.39. The Morgan fingerprint density at radius 3 is 2.00 bits per heavy atom. The number of anilines is 1. The Labute approximate surface area is 143 Å². The fraction of sp³-hybridized carbons (Fsp3) is 0.350. The lowest BCUT2D eigenvalue weighted by atomic mass is 9.87. The number of ether oxygens (including phenoxy) is 2. The first-order valence-corrected chi connectivity index (χ1v) is 8.02. The van der Waals surface area contributed by atoms with Crippen LogP contribution in [0.2, 0.25) is 0 Å². The zero-order chi connectivity index (χ0) is 17.7. The summed E-state index contributed by atoms with van der Waals surface area (Å²) in [6, 6.07) is 15.0. The van der Waals surface area contributed by atoms with Crippen molar-refractivity contribution in [1.29, 1.82) is 0 Å². The van der Waals surface area contributed by atoms with E-state index in [1.807, 2.05) is 24.3 Å². The van der Waals surface area contributed by atoms with Gasteiger partial charge in [-0.3, -0.25) is 4.79 Å². The molecule has 4 nitrogen and oxygen atoms in total. The summed E-state index contributed by atoms with van der Waals surface area (Å²) in [7, 11) is 1.61. The van der Waals surface area contributed by atoms with Crippen LogP contribution in [0.25, 0.3) is 0 Å². The Kier molecular flexibility index (Phi) is 5.50. The molecule has 128 valence electrons. The van der Waals surface area contributed by atoms with Crippen molar-refractivity contribution in [3.8, 4) is 11.5 Å². The number of rotatable bonds is 5. The molecular formula is C20H25NO3. The van der Waals surface area contributed by atoms with Gasteiger partial charge in [0.15, 0.2) is 6.10 Å². The maximum atomic E-state index is 12.3. The number of carbonyl (C=O) groups is 1. The van der Waals surface area contributed by atoms with Crippen LogP contribution < -0.4 is 14.8 Å². The largest absolute Gasteiger partial charge is 0.497 e. The van der Waals surface area contributed by atoms with Crippen molar-refractivity contribution in [2.45, 2.75) is 39.2 Å². The number of hydrogen-bond donors (Lipinski definition) is 1. The fourth-order valence-electron chi connectivity index (χ4n) is 2.21. The molecule has 2 aromatic carbocycles. The minimum Gasteiger partial charge on any atom is -0.497 e. The van der Waals surface area contributed by atoms with Gasteiger partial charge in [0, 0.05) is 5.69 Å². The van der Waals surface area contributed by atoms with Gasteiger partial charge < -0.3 is 14.8 Å². The maximum Gasteiger partial charge on any atom is 0.265 e. The molecule has 2 aromatic rings. The Balaban J connectivity index is 1.95. The summed E-state index contributed by atoms with van der Waals surface area (Å²) in [5.74, 6) is 1.19. The molecule has 0 heterocycles. The quantitative estimate of drug-likeness (QED) is 0.885. The van der Waals surface area contributed by atoms with Crippen molar-refractivity contribution < 1.29 is 14.3 Å². The standard InChI is InChI=1S/C20H25NO3/c1-14(24-18-12-10-17(23-5)11-13-18)19(22)21-16-8-6-15(7-9-16)20(2,3)4/h6-14H,1-5H3,(H,21,22). The Morgan fingerprint density at radius 2 is 1.50 bits per heavy atom. The molecule has 4 heteroatoms. The molecule has 0 aliphatic rings. The van der Waals surface area contributed by atoms with E-state index in [-0.39, 0.29) is 11.3 Å². The van der Waals surface area contributed by atoms with Gasteiger partial charge >= 0.3 is 0 Å². The first-order chi connectivity index (χ1) is 11.3. The van der Waals surface area contributed by atoms with E-state index in [9.17, 15) is 4.79 Å². The smallest absolute Gasteiger partial charge is 0.265 e. The highest BCUT2D eigenvalue weighted by Crippen LogP contribution is 2.24. The number of carbonyl (C=O) groups excluding carboxylic acids is 1. The lowest BCUT2D eigenvalue weighted by molar-refractivity contribution is -0.122. The summed E-state index contributed by atoms with van der Waals surface area (Å²) in [6.45, 7) is 8.20. The van der Waals surface area contributed by atoms with Crippen molar-refractivity contribution in [1.82, 2.24) is 0 Å². The predicted octanol–water partition coefficient (Wildman–Crippen LogP) is 4.40. The molecule has 0 fully saturated rings. The number of benzene rings is 2. The van der Waals surface area contributed by atoms with Gasteiger partial charge in [-0.05, 0) is 54.3 Å². The van der Waals surface area contributed by atoms with Crippen LogP contribution >= 0.6 is 0 Å². The van der Waals surface area contributed by atoms with Gasteiger partial charge in [-0.1, -0.05) is 32.9 Å². The second-order valence-corrected chi connectivity index (χ2v) is 6.75. The minimum atomic E-state index is -0.597. The summed E-state index contributed by atoms with van der Waals surface area (Å²) in [6.07, 6.45) is -0.597. The lowest BCUT2D eigenvalue weighted by Crippen LogP contribution is -2.30. The van der Waals surface area contributed by atoms with Gasteiger partial charge in [0.05, 0.1) is 7.11 Å². The monoisotopic (exact) mass is 327 g/mol. The van der Waals surface area contributed by atoms with Crippen molar-refractivity contribution in [3.63, 3.8) is 0 Å². The van der Waals surface area contributed by atoms with Crippen LogP contribution in [0, 0.1) is 0 Å². The first kappa shape index (κ1) is 17.9. The first-order valence-electron chi connectivity index (χ1n) is 8.02. The SMILES string of the molecule is COc1ccc(OC(C)C(=O)Nc2ccc(C(C)(C)C)cc2)cc1. The molecule has 0 saturated heterocycles. The van der Waals surface area contributed by atoms with Gasteiger partial charge in [0.2, 0.25) is 0 Å². The molecule has 0 radical (unpaired) electrons. The molecule has 1 atom stereocenters. The number of amides is 1. The second-order valence-electron chi connectivity index (χ2n) is 6.75. The van der Waals surface area contributed by atoms with E-state index in [2.05, 4.69) is 26.1 Å². The maximum absolute atomic E-state index is 12.3. The summed E-state index contributed by atoms with van der Waals surface area (Å²) >= 11 is 0. The van der Waals surface area contributed by atoms with Crippen LogP contribution in [0.1, 0.15) is 33.3 Å². The molecule has 0 aromatic heterocycles. The Morgan fingerprint density at radius 1 is 0.958 bits per heavy atom. The summed E-state index contributed by atoms with van der Waals surface area (Å²) < 4.78 is 10.8. The van der Waals surface area contributed by atoms with E-state index < -0.39 is 6.10 Å².